The third-order valence-corrected chi connectivity index (χ3v) is 4.54. The Morgan fingerprint density at radius 3 is 2.94 bits per heavy atom. The highest BCUT2D eigenvalue weighted by Gasteiger charge is 2.28. The zero-order valence-corrected chi connectivity index (χ0v) is 12.3. The van der Waals surface area contributed by atoms with Crippen molar-refractivity contribution in [3.05, 3.63) is 0 Å². The molecular weight excluding hydrogens is 222 g/mol. The molecule has 0 bridgehead atoms. The van der Waals surface area contributed by atoms with Gasteiger partial charge in [-0.05, 0) is 52.2 Å². The van der Waals surface area contributed by atoms with E-state index in [-0.39, 0.29) is 0 Å². The molecule has 3 heteroatoms. The van der Waals surface area contributed by atoms with Crippen LogP contribution < -0.4 is 5.32 Å². The molecule has 18 heavy (non-hydrogen) atoms. The van der Waals surface area contributed by atoms with Gasteiger partial charge in [-0.2, -0.15) is 0 Å². The first-order valence-electron chi connectivity index (χ1n) is 7.99. The fourth-order valence-electron chi connectivity index (χ4n) is 3.29. The highest BCUT2D eigenvalue weighted by atomic mass is 15.3. The monoisotopic (exact) mass is 253 g/mol. The second-order valence-electron chi connectivity index (χ2n) is 6.13. The Labute approximate surface area is 113 Å². The standard InChI is InChI=1S/C15H31N3/c1-3-8-16-14(2)7-10-17-11-12-18-9-5-4-6-15(18)13-17/h14-16H,3-13H2,1-2H3. The molecule has 2 aliphatic rings. The fraction of sp³-hybridized carbons (Fsp3) is 1.00. The van der Waals surface area contributed by atoms with Crippen molar-refractivity contribution < 1.29 is 0 Å². The maximum absolute atomic E-state index is 3.59. The Morgan fingerprint density at radius 1 is 1.22 bits per heavy atom. The van der Waals surface area contributed by atoms with Crippen molar-refractivity contribution in [2.24, 2.45) is 0 Å². The molecule has 0 spiro atoms. The van der Waals surface area contributed by atoms with E-state index in [1.807, 2.05) is 0 Å². The molecule has 1 N–H and O–H groups in total. The van der Waals surface area contributed by atoms with Gasteiger partial charge in [0.05, 0.1) is 0 Å². The largest absolute Gasteiger partial charge is 0.314 e. The van der Waals surface area contributed by atoms with Crippen molar-refractivity contribution in [2.75, 3.05) is 39.3 Å². The number of rotatable bonds is 6. The SMILES string of the molecule is CCCNC(C)CCN1CCN2CCCCC2C1. The van der Waals surface area contributed by atoms with Crippen molar-refractivity contribution >= 4 is 0 Å². The van der Waals surface area contributed by atoms with Crippen LogP contribution in [-0.2, 0) is 0 Å². The number of fused-ring (bicyclic) bond motifs is 1. The van der Waals surface area contributed by atoms with Crippen LogP contribution in [0.15, 0.2) is 0 Å². The highest BCUT2D eigenvalue weighted by Crippen LogP contribution is 2.21. The van der Waals surface area contributed by atoms with Crippen LogP contribution in [0.1, 0.15) is 46.0 Å². The summed E-state index contributed by atoms with van der Waals surface area (Å²) < 4.78 is 0. The Morgan fingerprint density at radius 2 is 2.11 bits per heavy atom. The molecule has 2 fully saturated rings. The summed E-state index contributed by atoms with van der Waals surface area (Å²) in [5.74, 6) is 0. The predicted molar refractivity (Wildman–Crippen MR) is 78.0 cm³/mol. The summed E-state index contributed by atoms with van der Waals surface area (Å²) in [6.45, 7) is 12.3. The lowest BCUT2D eigenvalue weighted by atomic mass is 9.99. The summed E-state index contributed by atoms with van der Waals surface area (Å²) in [5.41, 5.74) is 0. The molecule has 0 aromatic rings. The van der Waals surface area contributed by atoms with Gasteiger partial charge in [-0.15, -0.1) is 0 Å². The average molecular weight is 253 g/mol. The van der Waals surface area contributed by atoms with E-state index in [4.69, 9.17) is 0 Å². The molecule has 0 aromatic carbocycles. The smallest absolute Gasteiger partial charge is 0.0223 e. The minimum absolute atomic E-state index is 0.675. The lowest BCUT2D eigenvalue weighted by Crippen LogP contribution is -2.55. The third-order valence-electron chi connectivity index (χ3n) is 4.54. The van der Waals surface area contributed by atoms with Crippen LogP contribution in [0.25, 0.3) is 0 Å². The summed E-state index contributed by atoms with van der Waals surface area (Å²) in [6, 6.07) is 1.54. The van der Waals surface area contributed by atoms with Gasteiger partial charge in [0.15, 0.2) is 0 Å². The van der Waals surface area contributed by atoms with Crippen LogP contribution in [0.5, 0.6) is 0 Å². The van der Waals surface area contributed by atoms with Gasteiger partial charge in [-0.1, -0.05) is 13.3 Å². The fourth-order valence-corrected chi connectivity index (χ4v) is 3.29. The Kier molecular flexibility index (Phi) is 5.93. The van der Waals surface area contributed by atoms with Gasteiger partial charge >= 0.3 is 0 Å². The van der Waals surface area contributed by atoms with Gasteiger partial charge in [0.1, 0.15) is 0 Å². The van der Waals surface area contributed by atoms with E-state index < -0.39 is 0 Å². The number of hydrogen-bond acceptors (Lipinski definition) is 3. The topological polar surface area (TPSA) is 18.5 Å². The first-order chi connectivity index (χ1) is 8.79. The maximum atomic E-state index is 3.59. The molecule has 0 saturated carbocycles. The molecule has 2 saturated heterocycles. The molecule has 3 nitrogen and oxygen atoms in total. The van der Waals surface area contributed by atoms with Crippen LogP contribution in [0.2, 0.25) is 0 Å². The lowest BCUT2D eigenvalue weighted by Gasteiger charge is -2.44. The Hall–Kier alpha value is -0.120. The maximum Gasteiger partial charge on any atom is 0.0223 e. The van der Waals surface area contributed by atoms with E-state index in [9.17, 15) is 0 Å². The predicted octanol–water partition coefficient (Wildman–Crippen LogP) is 1.93. The first kappa shape index (κ1) is 14.3. The summed E-state index contributed by atoms with van der Waals surface area (Å²) in [4.78, 5) is 5.41. The zero-order valence-electron chi connectivity index (χ0n) is 12.3. The average Bonchev–Trinajstić information content (AvgIpc) is 2.42. The zero-order chi connectivity index (χ0) is 12.8. The molecule has 2 rings (SSSR count). The number of hydrogen-bond donors (Lipinski definition) is 1. The van der Waals surface area contributed by atoms with Crippen molar-refractivity contribution in [2.45, 2.75) is 58.0 Å². The van der Waals surface area contributed by atoms with Gasteiger partial charge in [-0.25, -0.2) is 0 Å². The van der Waals surface area contributed by atoms with E-state index in [2.05, 4.69) is 29.0 Å². The molecule has 0 radical (unpaired) electrons. The normalized spacial score (nSPS) is 28.0. The van der Waals surface area contributed by atoms with Gasteiger partial charge in [0, 0.05) is 31.7 Å². The van der Waals surface area contributed by atoms with E-state index in [0.29, 0.717) is 6.04 Å². The number of nitrogens with one attached hydrogen (secondary N) is 1. The quantitative estimate of drug-likeness (QED) is 0.780. The van der Waals surface area contributed by atoms with Gasteiger partial charge in [0.2, 0.25) is 0 Å². The summed E-state index contributed by atoms with van der Waals surface area (Å²) in [5, 5.41) is 3.59. The molecule has 2 unspecified atom stereocenters. The Balaban J connectivity index is 1.65. The van der Waals surface area contributed by atoms with Crippen molar-refractivity contribution in [3.63, 3.8) is 0 Å². The summed E-state index contributed by atoms with van der Waals surface area (Å²) >= 11 is 0. The van der Waals surface area contributed by atoms with E-state index in [1.165, 1.54) is 64.8 Å². The third kappa shape index (κ3) is 4.22. The minimum Gasteiger partial charge on any atom is -0.314 e. The second-order valence-corrected chi connectivity index (χ2v) is 6.13. The molecule has 2 aliphatic heterocycles. The van der Waals surface area contributed by atoms with Gasteiger partial charge < -0.3 is 10.2 Å². The molecule has 2 atom stereocenters. The molecule has 0 aromatic heterocycles. The number of piperazine rings is 1. The van der Waals surface area contributed by atoms with Gasteiger partial charge in [0.25, 0.3) is 0 Å². The van der Waals surface area contributed by atoms with Crippen LogP contribution in [0, 0.1) is 0 Å². The van der Waals surface area contributed by atoms with Crippen molar-refractivity contribution in [1.29, 1.82) is 0 Å². The second kappa shape index (κ2) is 7.46. The first-order valence-corrected chi connectivity index (χ1v) is 7.99. The molecule has 2 heterocycles. The number of nitrogens with zero attached hydrogens (tertiary/aromatic N) is 2. The minimum atomic E-state index is 0.675. The molecule has 0 aliphatic carbocycles. The van der Waals surface area contributed by atoms with E-state index in [1.54, 1.807) is 0 Å². The molecule has 106 valence electrons. The van der Waals surface area contributed by atoms with Crippen molar-refractivity contribution in [1.82, 2.24) is 15.1 Å². The molecular formula is C15H31N3. The van der Waals surface area contributed by atoms with Crippen LogP contribution in [-0.4, -0.2) is 61.2 Å². The van der Waals surface area contributed by atoms with Crippen molar-refractivity contribution in [3.8, 4) is 0 Å². The van der Waals surface area contributed by atoms with Crippen LogP contribution in [0.4, 0.5) is 0 Å². The van der Waals surface area contributed by atoms with E-state index in [0.717, 1.165) is 12.6 Å². The number of piperidine rings is 1. The lowest BCUT2D eigenvalue weighted by molar-refractivity contribution is 0.0478. The van der Waals surface area contributed by atoms with Crippen LogP contribution in [0.3, 0.4) is 0 Å². The summed E-state index contributed by atoms with van der Waals surface area (Å²) in [6.07, 6.45) is 6.84. The Bertz CT molecular complexity index is 232. The summed E-state index contributed by atoms with van der Waals surface area (Å²) in [7, 11) is 0. The van der Waals surface area contributed by atoms with Gasteiger partial charge in [-0.3, -0.25) is 4.90 Å². The van der Waals surface area contributed by atoms with Crippen LogP contribution >= 0.6 is 0 Å². The highest BCUT2D eigenvalue weighted by molar-refractivity contribution is 4.85. The van der Waals surface area contributed by atoms with E-state index >= 15 is 0 Å². The molecule has 0 amide bonds.